The number of likely N-dealkylation sites (N-methyl/N-ethyl adjacent to an activating group) is 1. The fourth-order valence-electron chi connectivity index (χ4n) is 2.37. The van der Waals surface area contributed by atoms with Crippen LogP contribution in [0.25, 0.3) is 0 Å². The molecule has 2 aromatic rings. The number of anilines is 1. The van der Waals surface area contributed by atoms with Crippen molar-refractivity contribution < 1.29 is 14.3 Å². The average Bonchev–Trinajstić information content (AvgIpc) is 2.64. The van der Waals surface area contributed by atoms with Crippen LogP contribution in [-0.2, 0) is 4.79 Å². The highest BCUT2D eigenvalue weighted by Crippen LogP contribution is 2.14. The Kier molecular flexibility index (Phi) is 7.21. The summed E-state index contributed by atoms with van der Waals surface area (Å²) in [6, 6.07) is 14.5. The molecule has 1 N–H and O–H groups in total. The smallest absolute Gasteiger partial charge is 0.254 e. The van der Waals surface area contributed by atoms with Crippen molar-refractivity contribution in [1.82, 2.24) is 4.90 Å². The molecule has 0 aliphatic heterocycles. The number of carbonyl (C=O) groups excluding carboxylic acids is 2. The minimum atomic E-state index is -0.232. The summed E-state index contributed by atoms with van der Waals surface area (Å²) in [5.74, 6) is 0.308. The van der Waals surface area contributed by atoms with E-state index in [1.165, 1.54) is 4.90 Å². The highest BCUT2D eigenvalue weighted by atomic mass is 16.5. The van der Waals surface area contributed by atoms with Crippen LogP contribution in [0.3, 0.4) is 0 Å². The van der Waals surface area contributed by atoms with Gasteiger partial charge in [-0.05, 0) is 49.7 Å². The molecule has 0 heterocycles. The van der Waals surface area contributed by atoms with Crippen molar-refractivity contribution in [2.45, 2.75) is 26.7 Å². The van der Waals surface area contributed by atoms with Gasteiger partial charge in [-0.3, -0.25) is 9.59 Å². The molecule has 0 saturated carbocycles. The lowest BCUT2D eigenvalue weighted by molar-refractivity contribution is -0.116. The normalized spacial score (nSPS) is 10.3. The Morgan fingerprint density at radius 2 is 1.69 bits per heavy atom. The monoisotopic (exact) mass is 354 g/mol. The highest BCUT2D eigenvalue weighted by Gasteiger charge is 2.15. The second-order valence-corrected chi connectivity index (χ2v) is 6.30. The number of nitrogens with zero attached hydrogens (tertiary/aromatic N) is 1. The molecule has 0 bridgehead atoms. The van der Waals surface area contributed by atoms with Gasteiger partial charge in [0, 0.05) is 18.3 Å². The van der Waals surface area contributed by atoms with Gasteiger partial charge in [0.15, 0.2) is 0 Å². The van der Waals surface area contributed by atoms with E-state index in [4.69, 9.17) is 4.74 Å². The minimum Gasteiger partial charge on any atom is -0.494 e. The molecule has 0 spiro atoms. The molecular weight excluding hydrogens is 328 g/mol. The number of hydrogen-bond donors (Lipinski definition) is 1. The van der Waals surface area contributed by atoms with E-state index in [2.05, 4.69) is 12.2 Å². The fourth-order valence-corrected chi connectivity index (χ4v) is 2.37. The molecule has 138 valence electrons. The molecule has 5 nitrogen and oxygen atoms in total. The van der Waals surface area contributed by atoms with E-state index in [-0.39, 0.29) is 18.4 Å². The maximum Gasteiger partial charge on any atom is 0.254 e. The first-order chi connectivity index (χ1) is 12.5. The Balaban J connectivity index is 1.87. The van der Waals surface area contributed by atoms with E-state index < -0.39 is 0 Å². The zero-order valence-corrected chi connectivity index (χ0v) is 15.6. The number of rotatable bonds is 8. The quantitative estimate of drug-likeness (QED) is 0.732. The van der Waals surface area contributed by atoms with Gasteiger partial charge in [-0.15, -0.1) is 0 Å². The fraction of sp³-hybridized carbons (Fsp3) is 0.333. The molecule has 2 amide bonds. The van der Waals surface area contributed by atoms with E-state index in [0.717, 1.165) is 29.8 Å². The summed E-state index contributed by atoms with van der Waals surface area (Å²) in [4.78, 5) is 26.0. The van der Waals surface area contributed by atoms with Crippen molar-refractivity contribution in [2.24, 2.45) is 0 Å². The van der Waals surface area contributed by atoms with Gasteiger partial charge in [0.05, 0.1) is 13.2 Å². The number of ether oxygens (including phenoxy) is 1. The van der Waals surface area contributed by atoms with E-state index >= 15 is 0 Å². The predicted molar refractivity (Wildman–Crippen MR) is 104 cm³/mol. The number of benzene rings is 2. The van der Waals surface area contributed by atoms with Crippen LogP contribution < -0.4 is 10.1 Å². The van der Waals surface area contributed by atoms with Crippen LogP contribution in [0.5, 0.6) is 5.75 Å². The lowest BCUT2D eigenvalue weighted by Crippen LogP contribution is -2.34. The number of unbranched alkanes of at least 4 members (excludes halogenated alkanes) is 1. The number of nitrogens with one attached hydrogen (secondary N) is 1. The van der Waals surface area contributed by atoms with Crippen LogP contribution >= 0.6 is 0 Å². The van der Waals surface area contributed by atoms with Gasteiger partial charge < -0.3 is 15.0 Å². The Hall–Kier alpha value is -2.82. The Morgan fingerprint density at radius 1 is 1.04 bits per heavy atom. The summed E-state index contributed by atoms with van der Waals surface area (Å²) in [6.07, 6.45) is 2.07. The maximum absolute atomic E-state index is 12.5. The van der Waals surface area contributed by atoms with Gasteiger partial charge in [-0.1, -0.05) is 31.0 Å². The van der Waals surface area contributed by atoms with Gasteiger partial charge in [-0.25, -0.2) is 0 Å². The van der Waals surface area contributed by atoms with Crippen molar-refractivity contribution in [3.8, 4) is 5.75 Å². The molecule has 0 atom stereocenters. The standard InChI is InChI=1S/C21H26N2O3/c1-4-5-14-26-19-12-8-17(9-13-19)21(25)23(3)15-20(24)22-18-10-6-16(2)7-11-18/h6-13H,4-5,14-15H2,1-3H3,(H,22,24). The van der Waals surface area contributed by atoms with Crippen LogP contribution in [0.2, 0.25) is 0 Å². The van der Waals surface area contributed by atoms with Crippen molar-refractivity contribution in [2.75, 3.05) is 25.5 Å². The van der Waals surface area contributed by atoms with Crippen molar-refractivity contribution in [1.29, 1.82) is 0 Å². The summed E-state index contributed by atoms with van der Waals surface area (Å²) in [6.45, 7) is 4.75. The summed E-state index contributed by atoms with van der Waals surface area (Å²) >= 11 is 0. The Morgan fingerprint density at radius 3 is 2.31 bits per heavy atom. The van der Waals surface area contributed by atoms with Crippen LogP contribution in [-0.4, -0.2) is 36.9 Å². The third-order valence-corrected chi connectivity index (χ3v) is 3.93. The predicted octanol–water partition coefficient (Wildman–Crippen LogP) is 3.88. The first-order valence-corrected chi connectivity index (χ1v) is 8.84. The molecule has 2 aromatic carbocycles. The van der Waals surface area contributed by atoms with Gasteiger partial charge in [0.25, 0.3) is 5.91 Å². The van der Waals surface area contributed by atoms with Gasteiger partial charge in [-0.2, -0.15) is 0 Å². The average molecular weight is 354 g/mol. The zero-order chi connectivity index (χ0) is 18.9. The summed E-state index contributed by atoms with van der Waals surface area (Å²) in [5, 5.41) is 2.79. The van der Waals surface area contributed by atoms with E-state index in [0.29, 0.717) is 12.2 Å². The van der Waals surface area contributed by atoms with Gasteiger partial charge in [0.1, 0.15) is 5.75 Å². The summed E-state index contributed by atoms with van der Waals surface area (Å²) < 4.78 is 5.59. The SMILES string of the molecule is CCCCOc1ccc(C(=O)N(C)CC(=O)Nc2ccc(C)cc2)cc1. The minimum absolute atomic E-state index is 0.0124. The number of amides is 2. The lowest BCUT2D eigenvalue weighted by Gasteiger charge is -2.17. The van der Waals surface area contributed by atoms with Crippen LogP contribution in [0.1, 0.15) is 35.7 Å². The molecule has 2 rings (SSSR count). The first kappa shape index (κ1) is 19.5. The third-order valence-electron chi connectivity index (χ3n) is 3.93. The number of carbonyl (C=O) groups is 2. The zero-order valence-electron chi connectivity index (χ0n) is 15.6. The third kappa shape index (κ3) is 5.92. The second kappa shape index (κ2) is 9.61. The van der Waals surface area contributed by atoms with Gasteiger partial charge in [0.2, 0.25) is 5.91 Å². The van der Waals surface area contributed by atoms with E-state index in [1.54, 1.807) is 31.3 Å². The van der Waals surface area contributed by atoms with Crippen molar-refractivity contribution in [3.05, 3.63) is 59.7 Å². The molecule has 0 saturated heterocycles. The van der Waals surface area contributed by atoms with Crippen molar-refractivity contribution >= 4 is 17.5 Å². The molecule has 0 unspecified atom stereocenters. The van der Waals surface area contributed by atoms with Crippen LogP contribution in [0, 0.1) is 6.92 Å². The molecule has 0 radical (unpaired) electrons. The number of hydrogen-bond acceptors (Lipinski definition) is 3. The topological polar surface area (TPSA) is 58.6 Å². The summed E-state index contributed by atoms with van der Waals surface area (Å²) in [7, 11) is 1.61. The van der Waals surface area contributed by atoms with Crippen molar-refractivity contribution in [3.63, 3.8) is 0 Å². The Labute approximate surface area is 155 Å². The van der Waals surface area contributed by atoms with Gasteiger partial charge >= 0.3 is 0 Å². The van der Waals surface area contributed by atoms with E-state index in [1.807, 2.05) is 31.2 Å². The highest BCUT2D eigenvalue weighted by molar-refractivity contribution is 5.99. The molecule has 26 heavy (non-hydrogen) atoms. The molecule has 0 fully saturated rings. The van der Waals surface area contributed by atoms with Crippen LogP contribution in [0.15, 0.2) is 48.5 Å². The molecule has 5 heteroatoms. The largest absolute Gasteiger partial charge is 0.494 e. The lowest BCUT2D eigenvalue weighted by atomic mass is 10.2. The first-order valence-electron chi connectivity index (χ1n) is 8.84. The molecule has 0 aliphatic rings. The second-order valence-electron chi connectivity index (χ2n) is 6.30. The molecule has 0 aromatic heterocycles. The Bertz CT molecular complexity index is 724. The van der Waals surface area contributed by atoms with E-state index in [9.17, 15) is 9.59 Å². The van der Waals surface area contributed by atoms with Crippen LogP contribution in [0.4, 0.5) is 5.69 Å². The maximum atomic E-state index is 12.5. The molecule has 0 aliphatic carbocycles. The molecular formula is C21H26N2O3. The summed E-state index contributed by atoms with van der Waals surface area (Å²) in [5.41, 5.74) is 2.37. The number of aryl methyl sites for hydroxylation is 1.